The van der Waals surface area contributed by atoms with E-state index in [9.17, 15) is 0 Å². The van der Waals surface area contributed by atoms with E-state index in [-0.39, 0.29) is 0 Å². The van der Waals surface area contributed by atoms with Gasteiger partial charge in [-0.2, -0.15) is 0 Å². The van der Waals surface area contributed by atoms with Gasteiger partial charge in [0.25, 0.3) is 0 Å². The van der Waals surface area contributed by atoms with Gasteiger partial charge in [-0.05, 0) is 62.7 Å². The number of benzene rings is 1. The highest BCUT2D eigenvalue weighted by molar-refractivity contribution is 5.37. The normalized spacial score (nSPS) is 19.7. The van der Waals surface area contributed by atoms with Crippen LogP contribution in [0.2, 0.25) is 0 Å². The second-order valence-electron chi connectivity index (χ2n) is 5.20. The van der Waals surface area contributed by atoms with E-state index >= 15 is 0 Å². The van der Waals surface area contributed by atoms with E-state index in [0.29, 0.717) is 5.41 Å². The van der Waals surface area contributed by atoms with Gasteiger partial charge in [-0.1, -0.05) is 30.7 Å². The lowest BCUT2D eigenvalue weighted by molar-refractivity contribution is 0.296. The Hall–Kier alpha value is -0.820. The molecule has 1 aromatic rings. The zero-order valence-electron chi connectivity index (χ0n) is 10.8. The molecule has 0 radical (unpaired) electrons. The van der Waals surface area contributed by atoms with E-state index in [1.54, 1.807) is 5.56 Å². The molecule has 1 aliphatic rings. The Balaban J connectivity index is 2.42. The first-order valence-electron chi connectivity index (χ1n) is 6.46. The molecule has 1 heteroatoms. The van der Waals surface area contributed by atoms with Gasteiger partial charge in [0.15, 0.2) is 0 Å². The van der Waals surface area contributed by atoms with Crippen molar-refractivity contribution in [2.45, 2.75) is 45.4 Å². The molecule has 1 saturated heterocycles. The van der Waals surface area contributed by atoms with Crippen LogP contribution in [0.4, 0.5) is 0 Å². The van der Waals surface area contributed by atoms with Gasteiger partial charge in [-0.15, -0.1) is 0 Å². The van der Waals surface area contributed by atoms with Gasteiger partial charge in [0.2, 0.25) is 0 Å². The number of hydrogen-bond donors (Lipinski definition) is 1. The molecule has 1 N–H and O–H groups in total. The zero-order valence-corrected chi connectivity index (χ0v) is 10.8. The molecule has 1 fully saturated rings. The highest BCUT2D eigenvalue weighted by Gasteiger charge is 2.32. The summed E-state index contributed by atoms with van der Waals surface area (Å²) in [5.74, 6) is 0. The second kappa shape index (κ2) is 4.58. The van der Waals surface area contributed by atoms with Gasteiger partial charge in [-0.25, -0.2) is 0 Å². The van der Waals surface area contributed by atoms with Crippen LogP contribution in [0, 0.1) is 13.8 Å². The van der Waals surface area contributed by atoms with Crippen LogP contribution in [-0.2, 0) is 5.41 Å². The third-order valence-corrected chi connectivity index (χ3v) is 4.20. The number of piperidine rings is 1. The van der Waals surface area contributed by atoms with Crippen molar-refractivity contribution < 1.29 is 0 Å². The number of rotatable bonds is 2. The molecule has 0 aliphatic carbocycles. The van der Waals surface area contributed by atoms with Crippen molar-refractivity contribution in [1.82, 2.24) is 5.32 Å². The average molecular weight is 217 g/mol. The maximum atomic E-state index is 3.48. The first-order chi connectivity index (χ1) is 7.68. The smallest absolute Gasteiger partial charge is 0.00228 e. The molecule has 0 amide bonds. The molecule has 88 valence electrons. The van der Waals surface area contributed by atoms with Gasteiger partial charge in [0.1, 0.15) is 0 Å². The Kier molecular flexibility index (Phi) is 3.34. The van der Waals surface area contributed by atoms with Gasteiger partial charge in [0, 0.05) is 0 Å². The molecule has 1 aromatic carbocycles. The topological polar surface area (TPSA) is 12.0 Å². The van der Waals surface area contributed by atoms with Crippen LogP contribution < -0.4 is 5.32 Å². The van der Waals surface area contributed by atoms with Crippen molar-refractivity contribution in [1.29, 1.82) is 0 Å². The first kappa shape index (κ1) is 11.7. The summed E-state index contributed by atoms with van der Waals surface area (Å²) in [4.78, 5) is 0. The van der Waals surface area contributed by atoms with Crippen LogP contribution in [0.5, 0.6) is 0 Å². The minimum absolute atomic E-state index is 0.432. The van der Waals surface area contributed by atoms with Crippen molar-refractivity contribution in [3.63, 3.8) is 0 Å². The van der Waals surface area contributed by atoms with E-state index in [0.717, 1.165) is 0 Å². The lowest BCUT2D eigenvalue weighted by atomic mass is 9.69. The summed E-state index contributed by atoms with van der Waals surface area (Å²) >= 11 is 0. The maximum Gasteiger partial charge on any atom is -0.00228 e. The van der Waals surface area contributed by atoms with E-state index in [2.05, 4.69) is 44.3 Å². The SMILES string of the molecule is CCC1(c2cc(C)ccc2C)CCNCC1. The van der Waals surface area contributed by atoms with Crippen molar-refractivity contribution in [3.8, 4) is 0 Å². The molecule has 0 atom stereocenters. The average Bonchev–Trinajstić information content (AvgIpc) is 2.33. The molecule has 0 aromatic heterocycles. The highest BCUT2D eigenvalue weighted by atomic mass is 14.9. The Labute approximate surface area is 99.3 Å². The summed E-state index contributed by atoms with van der Waals surface area (Å²) in [5, 5.41) is 3.48. The summed E-state index contributed by atoms with van der Waals surface area (Å²) in [6.07, 6.45) is 3.83. The van der Waals surface area contributed by atoms with Crippen LogP contribution in [0.3, 0.4) is 0 Å². The van der Waals surface area contributed by atoms with E-state index in [1.165, 1.54) is 43.5 Å². The minimum Gasteiger partial charge on any atom is -0.317 e. The second-order valence-corrected chi connectivity index (χ2v) is 5.20. The molecule has 0 spiro atoms. The van der Waals surface area contributed by atoms with Crippen LogP contribution in [0.25, 0.3) is 0 Å². The zero-order chi connectivity index (χ0) is 11.6. The van der Waals surface area contributed by atoms with Crippen LogP contribution in [0.1, 0.15) is 42.9 Å². The van der Waals surface area contributed by atoms with Gasteiger partial charge < -0.3 is 5.32 Å². The summed E-state index contributed by atoms with van der Waals surface area (Å²) in [6, 6.07) is 6.91. The predicted octanol–water partition coefficient (Wildman–Crippen LogP) is 3.33. The first-order valence-corrected chi connectivity index (χ1v) is 6.46. The Morgan fingerprint density at radius 2 is 1.88 bits per heavy atom. The Morgan fingerprint density at radius 1 is 1.19 bits per heavy atom. The van der Waals surface area contributed by atoms with Gasteiger partial charge >= 0.3 is 0 Å². The quantitative estimate of drug-likeness (QED) is 0.801. The largest absolute Gasteiger partial charge is 0.317 e. The van der Waals surface area contributed by atoms with Crippen LogP contribution in [-0.4, -0.2) is 13.1 Å². The summed E-state index contributed by atoms with van der Waals surface area (Å²) in [5.41, 5.74) is 4.89. The lowest BCUT2D eigenvalue weighted by Gasteiger charge is -2.38. The highest BCUT2D eigenvalue weighted by Crippen LogP contribution is 2.38. The number of hydrogen-bond acceptors (Lipinski definition) is 1. The Morgan fingerprint density at radius 3 is 2.50 bits per heavy atom. The predicted molar refractivity (Wildman–Crippen MR) is 70.0 cm³/mol. The molecule has 2 rings (SSSR count). The maximum absolute atomic E-state index is 3.48. The van der Waals surface area contributed by atoms with E-state index < -0.39 is 0 Å². The lowest BCUT2D eigenvalue weighted by Crippen LogP contribution is -2.39. The van der Waals surface area contributed by atoms with E-state index in [4.69, 9.17) is 0 Å². The van der Waals surface area contributed by atoms with Gasteiger partial charge in [0.05, 0.1) is 0 Å². The van der Waals surface area contributed by atoms with Gasteiger partial charge in [-0.3, -0.25) is 0 Å². The fourth-order valence-corrected chi connectivity index (χ4v) is 3.03. The number of nitrogens with one attached hydrogen (secondary N) is 1. The van der Waals surface area contributed by atoms with E-state index in [1.807, 2.05) is 0 Å². The summed E-state index contributed by atoms with van der Waals surface area (Å²) in [7, 11) is 0. The number of aryl methyl sites for hydroxylation is 2. The van der Waals surface area contributed by atoms with Crippen molar-refractivity contribution in [2.75, 3.05) is 13.1 Å². The molecule has 1 nitrogen and oxygen atoms in total. The molecular weight excluding hydrogens is 194 g/mol. The molecular formula is C15H23N. The molecule has 0 bridgehead atoms. The molecule has 1 heterocycles. The van der Waals surface area contributed by atoms with Crippen molar-refractivity contribution >= 4 is 0 Å². The van der Waals surface area contributed by atoms with Crippen LogP contribution >= 0.6 is 0 Å². The fraction of sp³-hybridized carbons (Fsp3) is 0.600. The standard InChI is InChI=1S/C15H23N/c1-4-15(7-9-16-10-8-15)14-11-12(2)5-6-13(14)3/h5-6,11,16H,4,7-10H2,1-3H3. The summed E-state index contributed by atoms with van der Waals surface area (Å²) < 4.78 is 0. The minimum atomic E-state index is 0.432. The van der Waals surface area contributed by atoms with Crippen LogP contribution in [0.15, 0.2) is 18.2 Å². The van der Waals surface area contributed by atoms with Crippen molar-refractivity contribution in [3.05, 3.63) is 34.9 Å². The Bertz CT molecular complexity index is 362. The molecule has 1 aliphatic heterocycles. The summed E-state index contributed by atoms with van der Waals surface area (Å²) in [6.45, 7) is 9.14. The third-order valence-electron chi connectivity index (χ3n) is 4.20. The monoisotopic (exact) mass is 217 g/mol. The molecule has 16 heavy (non-hydrogen) atoms. The molecule has 0 saturated carbocycles. The van der Waals surface area contributed by atoms with Crippen molar-refractivity contribution in [2.24, 2.45) is 0 Å². The third kappa shape index (κ3) is 2.01. The fourth-order valence-electron chi connectivity index (χ4n) is 3.03. The molecule has 0 unspecified atom stereocenters.